The Balaban J connectivity index is 2.60. The largest absolute Gasteiger partial charge is 0.398 e. The Bertz CT molecular complexity index is 893. The van der Waals surface area contributed by atoms with Gasteiger partial charge in [-0.15, -0.1) is 0 Å². The molecular weight excluding hydrogens is 246 g/mol. The first-order valence-corrected chi connectivity index (χ1v) is 5.64. The van der Waals surface area contributed by atoms with Gasteiger partial charge in [-0.25, -0.2) is 9.78 Å². The van der Waals surface area contributed by atoms with Crippen LogP contribution in [-0.2, 0) is 7.05 Å². The van der Waals surface area contributed by atoms with Crippen LogP contribution in [0.4, 0.5) is 5.69 Å². The van der Waals surface area contributed by atoms with E-state index in [0.717, 1.165) is 5.56 Å². The van der Waals surface area contributed by atoms with Gasteiger partial charge in [-0.1, -0.05) is 0 Å². The van der Waals surface area contributed by atoms with Gasteiger partial charge in [0.25, 0.3) is 5.56 Å². The molecule has 0 saturated carbocycles. The van der Waals surface area contributed by atoms with Crippen molar-refractivity contribution in [3.05, 3.63) is 38.5 Å². The van der Waals surface area contributed by atoms with Crippen LogP contribution in [0.3, 0.4) is 0 Å². The number of nitrogens with one attached hydrogen (secondary N) is 1. The minimum Gasteiger partial charge on any atom is -0.398 e. The van der Waals surface area contributed by atoms with E-state index in [1.165, 1.54) is 0 Å². The number of anilines is 1. The molecule has 0 aromatic heterocycles. The van der Waals surface area contributed by atoms with E-state index in [1.54, 1.807) is 23.7 Å². The minimum absolute atomic E-state index is 0.138. The Morgan fingerprint density at radius 3 is 2.74 bits per heavy atom. The summed E-state index contributed by atoms with van der Waals surface area (Å²) in [6, 6.07) is 3.55. The maximum atomic E-state index is 11.8. The first-order chi connectivity index (χ1) is 8.97. The fourth-order valence-electron chi connectivity index (χ4n) is 2.06. The number of nitrogens with two attached hydrogens (primary N) is 1. The summed E-state index contributed by atoms with van der Waals surface area (Å²) in [7, 11) is 1.72. The van der Waals surface area contributed by atoms with Crippen molar-refractivity contribution in [1.29, 1.82) is 0 Å². The van der Waals surface area contributed by atoms with E-state index in [1.807, 2.05) is 6.92 Å². The van der Waals surface area contributed by atoms with Gasteiger partial charge in [0.2, 0.25) is 0 Å². The van der Waals surface area contributed by atoms with E-state index in [0.29, 0.717) is 16.7 Å². The fourth-order valence-corrected chi connectivity index (χ4v) is 2.06. The molecular formula is C12H11N5O2. The summed E-state index contributed by atoms with van der Waals surface area (Å²) in [5.41, 5.74) is 7.63. The maximum absolute atomic E-state index is 11.8. The Hall–Kier alpha value is -2.70. The molecule has 3 N–H and O–H groups in total. The summed E-state index contributed by atoms with van der Waals surface area (Å²) >= 11 is 0. The lowest BCUT2D eigenvalue weighted by atomic mass is 10.1. The van der Waals surface area contributed by atoms with E-state index in [9.17, 15) is 9.59 Å². The van der Waals surface area contributed by atoms with Crippen molar-refractivity contribution >= 4 is 16.7 Å². The molecule has 2 aliphatic heterocycles. The molecule has 0 amide bonds. The standard InChI is InChI=1S/C12H11N5O2/c1-5-3-7-8(4-6(5)13)17(2)10-9(14-7)11(18)16-12(19)15-10/h3-4H,13H2,1-2H3,(H,16,18,19). The summed E-state index contributed by atoms with van der Waals surface area (Å²) < 4.78 is 1.64. The van der Waals surface area contributed by atoms with Crippen LogP contribution in [0, 0.1) is 6.92 Å². The van der Waals surface area contributed by atoms with Crippen molar-refractivity contribution in [2.45, 2.75) is 6.92 Å². The lowest BCUT2D eigenvalue weighted by Gasteiger charge is -2.13. The highest BCUT2D eigenvalue weighted by Crippen LogP contribution is 2.23. The summed E-state index contributed by atoms with van der Waals surface area (Å²) in [4.78, 5) is 33.2. The average molecular weight is 257 g/mol. The quantitative estimate of drug-likeness (QED) is 0.436. The molecule has 3 rings (SSSR count). The highest BCUT2D eigenvalue weighted by atomic mass is 16.2. The second-order valence-electron chi connectivity index (χ2n) is 4.41. The van der Waals surface area contributed by atoms with Gasteiger partial charge in [-0.3, -0.25) is 9.78 Å². The molecule has 0 unspecified atom stereocenters. The molecule has 96 valence electrons. The van der Waals surface area contributed by atoms with Gasteiger partial charge in [0.05, 0.1) is 11.0 Å². The topological polar surface area (TPSA) is 107 Å². The molecule has 7 nitrogen and oxygen atoms in total. The van der Waals surface area contributed by atoms with E-state index in [2.05, 4.69) is 15.0 Å². The highest BCUT2D eigenvalue weighted by molar-refractivity contribution is 5.83. The van der Waals surface area contributed by atoms with Gasteiger partial charge in [0.1, 0.15) is 0 Å². The first-order valence-electron chi connectivity index (χ1n) is 5.64. The molecule has 0 atom stereocenters. The third-order valence-electron chi connectivity index (χ3n) is 3.13. The van der Waals surface area contributed by atoms with Crippen LogP contribution in [0.1, 0.15) is 5.56 Å². The van der Waals surface area contributed by atoms with Crippen LogP contribution in [0.15, 0.2) is 21.7 Å². The number of H-pyrrole nitrogens is 1. The molecule has 0 aliphatic carbocycles. The van der Waals surface area contributed by atoms with Gasteiger partial charge in [0.15, 0.2) is 11.5 Å². The van der Waals surface area contributed by atoms with E-state index >= 15 is 0 Å². The van der Waals surface area contributed by atoms with Gasteiger partial charge < -0.3 is 10.3 Å². The lowest BCUT2D eigenvalue weighted by Crippen LogP contribution is -2.28. The van der Waals surface area contributed by atoms with Gasteiger partial charge in [-0.05, 0) is 24.6 Å². The Kier molecular flexibility index (Phi) is 2.19. The van der Waals surface area contributed by atoms with Crippen LogP contribution in [0.5, 0.6) is 0 Å². The van der Waals surface area contributed by atoms with Crippen LogP contribution in [0.25, 0.3) is 22.6 Å². The Labute approximate surface area is 107 Å². The third-order valence-corrected chi connectivity index (χ3v) is 3.13. The average Bonchev–Trinajstić information content (AvgIpc) is 2.34. The van der Waals surface area contributed by atoms with Gasteiger partial charge in [-0.2, -0.15) is 4.98 Å². The van der Waals surface area contributed by atoms with Crippen molar-refractivity contribution in [2.24, 2.45) is 7.05 Å². The van der Waals surface area contributed by atoms with E-state index < -0.39 is 11.2 Å². The fraction of sp³-hybridized carbons (Fsp3) is 0.167. The molecule has 1 aromatic carbocycles. The number of aryl methyl sites for hydroxylation is 2. The maximum Gasteiger partial charge on any atom is 0.349 e. The second-order valence-corrected chi connectivity index (χ2v) is 4.41. The first kappa shape index (κ1) is 11.4. The normalized spacial score (nSPS) is 11.3. The third kappa shape index (κ3) is 1.59. The number of hydrogen-bond donors (Lipinski definition) is 2. The predicted octanol–water partition coefficient (Wildman–Crippen LogP) is 0.0122. The number of nitrogen functional groups attached to an aromatic ring is 1. The summed E-state index contributed by atoms with van der Waals surface area (Å²) in [5.74, 6) is 0.240. The molecule has 0 bridgehead atoms. The van der Waals surface area contributed by atoms with Crippen molar-refractivity contribution in [3.63, 3.8) is 0 Å². The molecule has 0 saturated heterocycles. The lowest BCUT2D eigenvalue weighted by molar-refractivity contribution is 0.870. The van der Waals surface area contributed by atoms with E-state index in [-0.39, 0.29) is 11.5 Å². The number of hydrogen-bond acceptors (Lipinski definition) is 5. The molecule has 2 heterocycles. The smallest absolute Gasteiger partial charge is 0.349 e. The van der Waals surface area contributed by atoms with Crippen LogP contribution >= 0.6 is 0 Å². The molecule has 1 aromatic rings. The Morgan fingerprint density at radius 1 is 1.26 bits per heavy atom. The van der Waals surface area contributed by atoms with E-state index in [4.69, 9.17) is 5.73 Å². The highest BCUT2D eigenvalue weighted by Gasteiger charge is 2.16. The van der Waals surface area contributed by atoms with Gasteiger partial charge >= 0.3 is 5.69 Å². The molecule has 0 radical (unpaired) electrons. The van der Waals surface area contributed by atoms with Crippen LogP contribution in [-0.4, -0.2) is 19.5 Å². The molecule has 0 fully saturated rings. The van der Waals surface area contributed by atoms with Crippen LogP contribution in [0.2, 0.25) is 0 Å². The number of aromatic amines is 1. The minimum atomic E-state index is -0.686. The molecule has 2 aliphatic rings. The van der Waals surface area contributed by atoms with Crippen molar-refractivity contribution in [2.75, 3.05) is 5.73 Å². The zero-order chi connectivity index (χ0) is 13.7. The summed E-state index contributed by atoms with van der Waals surface area (Å²) in [6.45, 7) is 1.86. The van der Waals surface area contributed by atoms with Crippen molar-refractivity contribution in [1.82, 2.24) is 19.5 Å². The number of fused-ring (bicyclic) bond motifs is 2. The SMILES string of the molecule is Cc1cc2nc3c(=O)[nH]c(=O)nc-3n(C)c2cc1N. The second kappa shape index (κ2) is 3.64. The van der Waals surface area contributed by atoms with Gasteiger partial charge in [0, 0.05) is 12.7 Å². The number of nitrogens with zero attached hydrogens (tertiary/aromatic N) is 3. The number of rotatable bonds is 0. The zero-order valence-electron chi connectivity index (χ0n) is 10.4. The zero-order valence-corrected chi connectivity index (χ0v) is 10.4. The van der Waals surface area contributed by atoms with Crippen molar-refractivity contribution in [3.8, 4) is 11.5 Å². The number of aromatic nitrogens is 4. The van der Waals surface area contributed by atoms with Crippen LogP contribution < -0.4 is 17.0 Å². The molecule has 0 spiro atoms. The monoisotopic (exact) mass is 257 g/mol. The predicted molar refractivity (Wildman–Crippen MR) is 71.2 cm³/mol. The number of benzene rings is 1. The Morgan fingerprint density at radius 2 is 2.00 bits per heavy atom. The molecule has 19 heavy (non-hydrogen) atoms. The summed E-state index contributed by atoms with van der Waals surface area (Å²) in [5, 5.41) is 0. The van der Waals surface area contributed by atoms with Crippen molar-refractivity contribution < 1.29 is 0 Å². The summed E-state index contributed by atoms with van der Waals surface area (Å²) in [6.07, 6.45) is 0. The molecule has 7 heteroatoms.